The van der Waals surface area contributed by atoms with Gasteiger partial charge in [0.1, 0.15) is 12.2 Å². The zero-order valence-corrected chi connectivity index (χ0v) is 19.7. The summed E-state index contributed by atoms with van der Waals surface area (Å²) < 4.78 is 24.1. The van der Waals surface area contributed by atoms with E-state index in [1.807, 2.05) is 0 Å². The van der Waals surface area contributed by atoms with E-state index in [0.29, 0.717) is 24.4 Å². The smallest absolute Gasteiger partial charge is 0.226 e. The maximum atomic E-state index is 11.6. The van der Waals surface area contributed by atoms with E-state index >= 15 is 0 Å². The summed E-state index contributed by atoms with van der Waals surface area (Å²) in [6.07, 6.45) is 13.9. The van der Waals surface area contributed by atoms with Gasteiger partial charge in [-0.15, -0.1) is 0 Å². The summed E-state index contributed by atoms with van der Waals surface area (Å²) in [5.41, 5.74) is 0.943. The van der Waals surface area contributed by atoms with Crippen molar-refractivity contribution in [2.45, 2.75) is 90.1 Å². The first-order chi connectivity index (χ1) is 14.9. The highest BCUT2D eigenvalue weighted by molar-refractivity contribution is 5.32. The normalized spacial score (nSPS) is 52.4. The van der Waals surface area contributed by atoms with Crippen molar-refractivity contribution in [3.05, 3.63) is 23.8 Å². The first kappa shape index (κ1) is 22.1. The molecular formula is C26H40O5. The second-order valence-electron chi connectivity index (χ2n) is 11.1. The molecule has 0 bridgehead atoms. The summed E-state index contributed by atoms with van der Waals surface area (Å²) in [6.45, 7) is 9.91. The van der Waals surface area contributed by atoms with Gasteiger partial charge < -0.3 is 24.1 Å². The Kier molecular flexibility index (Phi) is 5.46. The van der Waals surface area contributed by atoms with Crippen LogP contribution >= 0.6 is 0 Å². The van der Waals surface area contributed by atoms with Gasteiger partial charge in [-0.1, -0.05) is 57.9 Å². The van der Waals surface area contributed by atoms with Crippen LogP contribution in [0.4, 0.5) is 0 Å². The lowest BCUT2D eigenvalue weighted by Crippen LogP contribution is -2.66. The van der Waals surface area contributed by atoms with Crippen molar-refractivity contribution < 1.29 is 24.1 Å². The maximum absolute atomic E-state index is 11.6. The molecule has 2 spiro atoms. The van der Waals surface area contributed by atoms with Crippen LogP contribution in [-0.2, 0) is 18.9 Å². The first-order valence-electron chi connectivity index (χ1n) is 12.4. The molecule has 2 saturated heterocycles. The minimum absolute atomic E-state index is 0.0891. The molecule has 31 heavy (non-hydrogen) atoms. The third-order valence-electron chi connectivity index (χ3n) is 9.65. The molecule has 8 atom stereocenters. The van der Waals surface area contributed by atoms with Crippen LogP contribution in [0.3, 0.4) is 0 Å². The quantitative estimate of drug-likeness (QED) is 0.587. The average Bonchev–Trinajstić information content (AvgIpc) is 3.43. The second kappa shape index (κ2) is 7.66. The minimum atomic E-state index is -0.805. The number of hydrogen-bond donors (Lipinski definition) is 1. The largest absolute Gasteiger partial charge is 0.393 e. The lowest BCUT2D eigenvalue weighted by Gasteiger charge is -2.61. The van der Waals surface area contributed by atoms with Gasteiger partial charge in [-0.05, 0) is 61.7 Å². The van der Waals surface area contributed by atoms with Gasteiger partial charge in [0.2, 0.25) is 5.79 Å². The van der Waals surface area contributed by atoms with Crippen LogP contribution < -0.4 is 0 Å². The molecule has 5 heteroatoms. The number of ether oxygens (including phenoxy) is 4. The molecule has 6 rings (SSSR count). The molecule has 6 aliphatic rings. The predicted molar refractivity (Wildman–Crippen MR) is 118 cm³/mol. The molecule has 0 radical (unpaired) electrons. The van der Waals surface area contributed by atoms with Crippen LogP contribution in [0.25, 0.3) is 0 Å². The third-order valence-corrected chi connectivity index (χ3v) is 9.65. The van der Waals surface area contributed by atoms with E-state index in [9.17, 15) is 5.11 Å². The molecule has 0 aromatic heterocycles. The van der Waals surface area contributed by atoms with Gasteiger partial charge in [0.15, 0.2) is 13.6 Å². The van der Waals surface area contributed by atoms with E-state index in [2.05, 4.69) is 45.9 Å². The lowest BCUT2D eigenvalue weighted by atomic mass is 9.45. The predicted octanol–water partition coefficient (Wildman–Crippen LogP) is 4.95. The molecular weight excluding hydrogens is 392 g/mol. The van der Waals surface area contributed by atoms with Crippen LogP contribution in [0, 0.1) is 28.6 Å². The van der Waals surface area contributed by atoms with Crippen LogP contribution in [0.1, 0.15) is 72.6 Å². The van der Waals surface area contributed by atoms with Crippen molar-refractivity contribution >= 4 is 0 Å². The highest BCUT2D eigenvalue weighted by Crippen LogP contribution is 2.71. The van der Waals surface area contributed by atoms with Crippen LogP contribution in [0.2, 0.25) is 0 Å². The Hall–Kier alpha value is -0.720. The van der Waals surface area contributed by atoms with Gasteiger partial charge in [0.25, 0.3) is 0 Å². The van der Waals surface area contributed by atoms with Crippen molar-refractivity contribution in [1.29, 1.82) is 0 Å². The monoisotopic (exact) mass is 432 g/mol. The molecule has 0 aromatic rings. The molecule has 0 aromatic carbocycles. The summed E-state index contributed by atoms with van der Waals surface area (Å²) in [7, 11) is 0. The van der Waals surface area contributed by atoms with Crippen molar-refractivity contribution in [3.8, 4) is 0 Å². The van der Waals surface area contributed by atoms with Crippen molar-refractivity contribution in [2.24, 2.45) is 28.6 Å². The van der Waals surface area contributed by atoms with E-state index in [0.717, 1.165) is 32.1 Å². The van der Waals surface area contributed by atoms with Crippen LogP contribution in [-0.4, -0.2) is 42.8 Å². The Morgan fingerprint density at radius 2 is 1.87 bits per heavy atom. The first-order valence-corrected chi connectivity index (χ1v) is 12.4. The number of aliphatic hydroxyl groups excluding tert-OH is 1. The molecule has 174 valence electrons. The van der Waals surface area contributed by atoms with Crippen molar-refractivity contribution in [1.82, 2.24) is 0 Å². The third kappa shape index (κ3) is 2.80. The number of fused-ring (bicyclic) bond motifs is 7. The Morgan fingerprint density at radius 3 is 2.61 bits per heavy atom. The molecule has 3 saturated carbocycles. The van der Waals surface area contributed by atoms with Gasteiger partial charge in [-0.3, -0.25) is 0 Å². The molecule has 1 unspecified atom stereocenters. The maximum Gasteiger partial charge on any atom is 0.226 e. The van der Waals surface area contributed by atoms with Crippen molar-refractivity contribution in [3.63, 3.8) is 0 Å². The lowest BCUT2D eigenvalue weighted by molar-refractivity contribution is -0.257. The molecule has 4 aliphatic carbocycles. The summed E-state index contributed by atoms with van der Waals surface area (Å²) in [5.74, 6) is 0.559. The topological polar surface area (TPSA) is 57.2 Å². The van der Waals surface area contributed by atoms with Gasteiger partial charge in [-0.25, -0.2) is 0 Å². The van der Waals surface area contributed by atoms with Crippen LogP contribution in [0.15, 0.2) is 23.8 Å². The van der Waals surface area contributed by atoms with E-state index < -0.39 is 11.4 Å². The average molecular weight is 433 g/mol. The summed E-state index contributed by atoms with van der Waals surface area (Å²) >= 11 is 0. The standard InChI is InChI=1S/C23H32O5.C3H8/c1-20-9-4-3-5-15(20)6-7-16-17-8-10-22(21(17,2)11-18(24)19(16)20)23(28-14-26-22)12-25-13-27-23;1-3-2/h3-5,16-19,24H,6-14H2,1-2H3;3H2,1-2H3/t16-,17-,18-,19+,20-,21-,22+,23?;/m0./s1. The fourth-order valence-corrected chi connectivity index (χ4v) is 8.49. The molecule has 0 amide bonds. The Labute approximate surface area is 187 Å². The van der Waals surface area contributed by atoms with Crippen molar-refractivity contribution in [2.75, 3.05) is 20.2 Å². The van der Waals surface area contributed by atoms with E-state index in [1.165, 1.54) is 18.4 Å². The van der Waals surface area contributed by atoms with E-state index in [-0.39, 0.29) is 30.5 Å². The zero-order chi connectivity index (χ0) is 21.9. The number of aliphatic hydroxyl groups is 1. The SMILES string of the molecule is CCC.C[C@]12CC=CC=C1CC[C@@H]1[C@@H]2[C@@H](O)C[C@@]2(C)[C@H]1CC[C@@]21OCOC12COCO2. The molecule has 5 fully saturated rings. The van der Waals surface area contributed by atoms with Gasteiger partial charge >= 0.3 is 0 Å². The summed E-state index contributed by atoms with van der Waals surface area (Å²) in [6, 6.07) is 0. The zero-order valence-electron chi connectivity index (χ0n) is 19.7. The highest BCUT2D eigenvalue weighted by Gasteiger charge is 2.76. The fraction of sp³-hybridized carbons (Fsp3) is 0.846. The molecule has 5 nitrogen and oxygen atoms in total. The number of allylic oxidation sites excluding steroid dienone is 4. The van der Waals surface area contributed by atoms with Crippen LogP contribution in [0.5, 0.6) is 0 Å². The molecule has 2 aliphatic heterocycles. The van der Waals surface area contributed by atoms with Gasteiger partial charge in [-0.2, -0.15) is 0 Å². The Balaban J connectivity index is 0.000000646. The number of rotatable bonds is 0. The van der Waals surface area contributed by atoms with E-state index in [1.54, 1.807) is 0 Å². The highest BCUT2D eigenvalue weighted by atomic mass is 16.9. The Bertz CT molecular complexity index is 749. The van der Waals surface area contributed by atoms with Gasteiger partial charge in [0, 0.05) is 5.41 Å². The Morgan fingerprint density at radius 1 is 1.10 bits per heavy atom. The minimum Gasteiger partial charge on any atom is -0.393 e. The summed E-state index contributed by atoms with van der Waals surface area (Å²) in [4.78, 5) is 0. The molecule has 2 heterocycles. The summed E-state index contributed by atoms with van der Waals surface area (Å²) in [5, 5.41) is 11.6. The number of hydrogen-bond acceptors (Lipinski definition) is 5. The van der Waals surface area contributed by atoms with E-state index in [4.69, 9.17) is 18.9 Å². The molecule has 1 N–H and O–H groups in total. The second-order valence-corrected chi connectivity index (χ2v) is 11.1. The van der Waals surface area contributed by atoms with Gasteiger partial charge in [0.05, 0.1) is 6.10 Å². The fourth-order valence-electron chi connectivity index (χ4n) is 8.49.